The van der Waals surface area contributed by atoms with E-state index >= 15 is 0 Å². The first-order chi connectivity index (χ1) is 15.7. The summed E-state index contributed by atoms with van der Waals surface area (Å²) >= 11 is 6.32. The van der Waals surface area contributed by atoms with Crippen molar-refractivity contribution in [2.75, 3.05) is 16.9 Å². The van der Waals surface area contributed by atoms with E-state index in [0.29, 0.717) is 17.8 Å². The first-order valence-corrected chi connectivity index (χ1v) is 12.7. The number of hydrogen-bond acceptors (Lipinski definition) is 4. The molecule has 3 aromatic rings. The number of hydrogen-bond donors (Lipinski definition) is 2. The molecular formula is C25H25ClN2O4S. The lowest BCUT2D eigenvalue weighted by Gasteiger charge is -2.15. The summed E-state index contributed by atoms with van der Waals surface area (Å²) in [5, 5.41) is 5.77. The van der Waals surface area contributed by atoms with Gasteiger partial charge in [0.15, 0.2) is 9.84 Å². The van der Waals surface area contributed by atoms with Gasteiger partial charge in [0.1, 0.15) is 0 Å². The number of carbonyl (C=O) groups excluding carboxylic acids is 2. The molecule has 3 aromatic carbocycles. The zero-order valence-corrected chi connectivity index (χ0v) is 19.9. The molecule has 3 rings (SSSR count). The average molecular weight is 485 g/mol. The third-order valence-corrected chi connectivity index (χ3v) is 6.64. The highest BCUT2D eigenvalue weighted by Crippen LogP contribution is 2.28. The van der Waals surface area contributed by atoms with Crippen LogP contribution in [0.15, 0.2) is 77.7 Å². The molecule has 0 fully saturated rings. The van der Waals surface area contributed by atoms with Crippen molar-refractivity contribution in [3.63, 3.8) is 0 Å². The maximum absolute atomic E-state index is 12.6. The van der Waals surface area contributed by atoms with Crippen molar-refractivity contribution < 1.29 is 18.0 Å². The van der Waals surface area contributed by atoms with Gasteiger partial charge in [0.2, 0.25) is 5.91 Å². The number of amides is 2. The van der Waals surface area contributed by atoms with Crippen molar-refractivity contribution >= 4 is 44.6 Å². The molecule has 1 atom stereocenters. The summed E-state index contributed by atoms with van der Waals surface area (Å²) in [6.07, 6.45) is 2.26. The van der Waals surface area contributed by atoms with E-state index in [0.717, 1.165) is 18.2 Å². The van der Waals surface area contributed by atoms with Crippen molar-refractivity contribution in [1.29, 1.82) is 0 Å². The van der Waals surface area contributed by atoms with Crippen molar-refractivity contribution in [1.82, 2.24) is 0 Å². The predicted molar refractivity (Wildman–Crippen MR) is 132 cm³/mol. The summed E-state index contributed by atoms with van der Waals surface area (Å²) in [6, 6.07) is 20.4. The third kappa shape index (κ3) is 6.66. The Labute approximate surface area is 198 Å². The monoisotopic (exact) mass is 484 g/mol. The molecule has 0 radical (unpaired) electrons. The molecule has 6 nitrogen and oxygen atoms in total. The third-order valence-electron chi connectivity index (χ3n) is 5.22. The highest BCUT2D eigenvalue weighted by atomic mass is 35.5. The van der Waals surface area contributed by atoms with Crippen LogP contribution in [-0.4, -0.2) is 26.5 Å². The van der Waals surface area contributed by atoms with Gasteiger partial charge in [0.05, 0.1) is 15.6 Å². The zero-order valence-electron chi connectivity index (χ0n) is 18.3. The molecule has 0 aliphatic rings. The van der Waals surface area contributed by atoms with Gasteiger partial charge in [-0.2, -0.15) is 0 Å². The van der Waals surface area contributed by atoms with Crippen molar-refractivity contribution in [2.45, 2.75) is 30.6 Å². The molecule has 0 bridgehead atoms. The van der Waals surface area contributed by atoms with Gasteiger partial charge in [-0.1, -0.05) is 54.9 Å². The Balaban J connectivity index is 1.66. The van der Waals surface area contributed by atoms with Crippen LogP contribution in [0.25, 0.3) is 0 Å². The summed E-state index contributed by atoms with van der Waals surface area (Å²) < 4.78 is 23.5. The highest BCUT2D eigenvalue weighted by Gasteiger charge is 2.16. The molecule has 33 heavy (non-hydrogen) atoms. The second-order valence-electron chi connectivity index (χ2n) is 7.72. The molecular weight excluding hydrogens is 460 g/mol. The minimum Gasteiger partial charge on any atom is -0.326 e. The lowest BCUT2D eigenvalue weighted by atomic mass is 9.93. The van der Waals surface area contributed by atoms with E-state index < -0.39 is 15.7 Å². The molecule has 0 spiro atoms. The Morgan fingerprint density at radius 3 is 2.30 bits per heavy atom. The number of sulfone groups is 1. The number of halogens is 1. The van der Waals surface area contributed by atoms with E-state index in [1.807, 2.05) is 37.3 Å². The summed E-state index contributed by atoms with van der Waals surface area (Å²) in [5.41, 5.74) is 2.18. The summed E-state index contributed by atoms with van der Waals surface area (Å²) in [5.74, 6) is -0.507. The van der Waals surface area contributed by atoms with E-state index in [4.69, 9.17) is 11.6 Å². The fourth-order valence-electron chi connectivity index (χ4n) is 3.42. The topological polar surface area (TPSA) is 92.3 Å². The second kappa shape index (κ2) is 10.6. The van der Waals surface area contributed by atoms with Crippen LogP contribution in [-0.2, 0) is 14.6 Å². The van der Waals surface area contributed by atoms with Crippen LogP contribution < -0.4 is 10.6 Å². The second-order valence-corrected chi connectivity index (χ2v) is 10.1. The summed E-state index contributed by atoms with van der Waals surface area (Å²) in [6.45, 7) is 2.05. The molecule has 0 heterocycles. The van der Waals surface area contributed by atoms with E-state index in [2.05, 4.69) is 10.6 Å². The van der Waals surface area contributed by atoms with Gasteiger partial charge in [-0.25, -0.2) is 8.42 Å². The molecule has 2 amide bonds. The molecule has 172 valence electrons. The minimum atomic E-state index is -3.43. The van der Waals surface area contributed by atoms with Crippen LogP contribution in [0.4, 0.5) is 11.4 Å². The Hall–Kier alpha value is -3.16. The molecule has 0 saturated heterocycles. The molecule has 8 heteroatoms. The van der Waals surface area contributed by atoms with Crippen LogP contribution in [0.2, 0.25) is 5.02 Å². The van der Waals surface area contributed by atoms with Crippen molar-refractivity contribution in [3.05, 3.63) is 88.9 Å². The Bertz CT molecular complexity index is 1260. The van der Waals surface area contributed by atoms with Gasteiger partial charge >= 0.3 is 0 Å². The quantitative estimate of drug-likeness (QED) is 0.440. The first-order valence-electron chi connectivity index (χ1n) is 10.4. The van der Waals surface area contributed by atoms with E-state index in [1.165, 1.54) is 24.3 Å². The molecule has 0 saturated carbocycles. The van der Waals surface area contributed by atoms with Crippen LogP contribution in [0.3, 0.4) is 0 Å². The molecule has 0 aliphatic carbocycles. The van der Waals surface area contributed by atoms with Gasteiger partial charge in [-0.3, -0.25) is 9.59 Å². The number of carbonyl (C=O) groups is 2. The minimum absolute atomic E-state index is 0.0557. The van der Waals surface area contributed by atoms with Gasteiger partial charge < -0.3 is 10.6 Å². The Kier molecular flexibility index (Phi) is 7.89. The van der Waals surface area contributed by atoms with Crippen LogP contribution in [0.5, 0.6) is 0 Å². The summed E-state index contributed by atoms with van der Waals surface area (Å²) in [4.78, 5) is 25.2. The van der Waals surface area contributed by atoms with Crippen LogP contribution in [0.1, 0.15) is 41.6 Å². The molecule has 0 aliphatic heterocycles. The van der Waals surface area contributed by atoms with Crippen LogP contribution in [0, 0.1) is 0 Å². The van der Waals surface area contributed by atoms with Gasteiger partial charge in [0, 0.05) is 23.9 Å². The standard InChI is InChI=1S/C25H25ClN2O4S/c1-3-17(18-8-5-4-6-9-18)15-24(29)27-20-12-13-23(22(26)16-20)28-25(30)19-10-7-11-21(14-19)33(2,31)32/h4-14,16-17H,3,15H2,1-2H3,(H,27,29)(H,28,30). The average Bonchev–Trinajstić information content (AvgIpc) is 2.79. The van der Waals surface area contributed by atoms with Crippen molar-refractivity contribution in [3.8, 4) is 0 Å². The van der Waals surface area contributed by atoms with E-state index in [9.17, 15) is 18.0 Å². The summed E-state index contributed by atoms with van der Waals surface area (Å²) in [7, 11) is -3.43. The first kappa shape index (κ1) is 24.5. The highest BCUT2D eigenvalue weighted by molar-refractivity contribution is 7.90. The van der Waals surface area contributed by atoms with Crippen LogP contribution >= 0.6 is 11.6 Å². The lowest BCUT2D eigenvalue weighted by molar-refractivity contribution is -0.116. The molecule has 0 aromatic heterocycles. The number of nitrogens with one attached hydrogen (secondary N) is 2. The van der Waals surface area contributed by atoms with E-state index in [1.54, 1.807) is 18.2 Å². The number of rotatable bonds is 8. The molecule has 1 unspecified atom stereocenters. The fourth-order valence-corrected chi connectivity index (χ4v) is 4.31. The van der Waals surface area contributed by atoms with Gasteiger partial charge in [-0.15, -0.1) is 0 Å². The smallest absolute Gasteiger partial charge is 0.255 e. The molecule has 2 N–H and O–H groups in total. The maximum Gasteiger partial charge on any atom is 0.255 e. The normalized spacial score (nSPS) is 12.1. The van der Waals surface area contributed by atoms with E-state index in [-0.39, 0.29) is 27.3 Å². The maximum atomic E-state index is 12.6. The predicted octanol–water partition coefficient (Wildman–Crippen LogP) is 5.52. The Morgan fingerprint density at radius 1 is 0.939 bits per heavy atom. The van der Waals surface area contributed by atoms with Gasteiger partial charge in [0.25, 0.3) is 5.91 Å². The van der Waals surface area contributed by atoms with Crippen molar-refractivity contribution in [2.24, 2.45) is 0 Å². The number of anilines is 2. The SMILES string of the molecule is CCC(CC(=O)Nc1ccc(NC(=O)c2cccc(S(C)(=O)=O)c2)c(Cl)c1)c1ccccc1. The fraction of sp³-hybridized carbons (Fsp3) is 0.200. The van der Waals surface area contributed by atoms with Gasteiger partial charge in [-0.05, 0) is 54.3 Å². The zero-order chi connectivity index (χ0) is 24.0. The lowest BCUT2D eigenvalue weighted by Crippen LogP contribution is -2.16. The largest absolute Gasteiger partial charge is 0.326 e. The Morgan fingerprint density at radius 2 is 1.67 bits per heavy atom. The number of benzene rings is 3.